The SMILES string of the molecule is Cc1cc(C)c(C(N)=S)c(N(C)CC2CC3CCC2C3)n1. The van der Waals surface area contributed by atoms with Gasteiger partial charge in [0.05, 0.1) is 5.56 Å². The molecule has 1 aromatic rings. The molecule has 1 aromatic heterocycles. The van der Waals surface area contributed by atoms with Gasteiger partial charge in [0, 0.05) is 19.3 Å². The number of aromatic nitrogens is 1. The summed E-state index contributed by atoms with van der Waals surface area (Å²) in [6.45, 7) is 5.18. The van der Waals surface area contributed by atoms with Crippen molar-refractivity contribution in [3.63, 3.8) is 0 Å². The normalized spacial score (nSPS) is 27.1. The molecule has 0 aliphatic heterocycles. The van der Waals surface area contributed by atoms with Crippen molar-refractivity contribution in [1.82, 2.24) is 4.98 Å². The summed E-state index contributed by atoms with van der Waals surface area (Å²) < 4.78 is 0. The topological polar surface area (TPSA) is 42.1 Å². The van der Waals surface area contributed by atoms with E-state index >= 15 is 0 Å². The second kappa shape index (κ2) is 5.56. The van der Waals surface area contributed by atoms with Crippen molar-refractivity contribution in [3.05, 3.63) is 22.9 Å². The molecule has 2 saturated carbocycles. The summed E-state index contributed by atoms with van der Waals surface area (Å²) in [7, 11) is 2.13. The molecule has 2 N–H and O–H groups in total. The largest absolute Gasteiger partial charge is 0.389 e. The third-order valence-electron chi connectivity index (χ3n) is 5.33. The molecule has 4 heteroatoms. The van der Waals surface area contributed by atoms with E-state index in [4.69, 9.17) is 22.9 Å². The summed E-state index contributed by atoms with van der Waals surface area (Å²) in [5.74, 6) is 3.69. The molecule has 21 heavy (non-hydrogen) atoms. The van der Waals surface area contributed by atoms with E-state index in [1.807, 2.05) is 6.92 Å². The third kappa shape index (κ3) is 2.78. The first-order chi connectivity index (χ1) is 9.95. The van der Waals surface area contributed by atoms with Crippen LogP contribution in [0.2, 0.25) is 0 Å². The fourth-order valence-electron chi connectivity index (χ4n) is 4.44. The Balaban J connectivity index is 1.84. The number of anilines is 1. The fourth-order valence-corrected chi connectivity index (χ4v) is 4.69. The average molecular weight is 303 g/mol. The van der Waals surface area contributed by atoms with E-state index in [9.17, 15) is 0 Å². The van der Waals surface area contributed by atoms with Crippen LogP contribution >= 0.6 is 12.2 Å². The van der Waals surface area contributed by atoms with Crippen LogP contribution in [-0.2, 0) is 0 Å². The lowest BCUT2D eigenvalue weighted by molar-refractivity contribution is 0.337. The number of pyridine rings is 1. The zero-order valence-corrected chi connectivity index (χ0v) is 14.0. The monoisotopic (exact) mass is 303 g/mol. The highest BCUT2D eigenvalue weighted by molar-refractivity contribution is 7.80. The maximum Gasteiger partial charge on any atom is 0.139 e. The van der Waals surface area contributed by atoms with Gasteiger partial charge in [-0.2, -0.15) is 0 Å². The van der Waals surface area contributed by atoms with Gasteiger partial charge < -0.3 is 10.6 Å². The Morgan fingerprint density at radius 3 is 2.71 bits per heavy atom. The molecule has 0 spiro atoms. The molecular formula is C17H25N3S. The Morgan fingerprint density at radius 2 is 2.14 bits per heavy atom. The number of rotatable bonds is 4. The molecule has 0 amide bonds. The summed E-state index contributed by atoms with van der Waals surface area (Å²) >= 11 is 5.25. The van der Waals surface area contributed by atoms with E-state index in [-0.39, 0.29) is 0 Å². The Bertz CT molecular complexity index is 569. The van der Waals surface area contributed by atoms with Crippen LogP contribution < -0.4 is 10.6 Å². The van der Waals surface area contributed by atoms with Crippen molar-refractivity contribution in [1.29, 1.82) is 0 Å². The Kier molecular flexibility index (Phi) is 3.91. The van der Waals surface area contributed by atoms with Gasteiger partial charge in [0.1, 0.15) is 10.8 Å². The van der Waals surface area contributed by atoms with Gasteiger partial charge in [-0.05, 0) is 62.5 Å². The Morgan fingerprint density at radius 1 is 1.38 bits per heavy atom. The van der Waals surface area contributed by atoms with E-state index in [0.29, 0.717) is 4.99 Å². The number of nitrogens with zero attached hydrogens (tertiary/aromatic N) is 2. The molecule has 0 radical (unpaired) electrons. The maximum atomic E-state index is 5.94. The van der Waals surface area contributed by atoms with Gasteiger partial charge in [-0.1, -0.05) is 18.6 Å². The van der Waals surface area contributed by atoms with Gasteiger partial charge in [0.15, 0.2) is 0 Å². The quantitative estimate of drug-likeness (QED) is 0.867. The maximum absolute atomic E-state index is 5.94. The standard InChI is InChI=1S/C17H25N3S/c1-10-6-11(2)19-17(15(10)16(18)21)20(3)9-14-8-12-4-5-13(14)7-12/h6,12-14H,4-5,7-9H2,1-3H3,(H2,18,21). The molecule has 3 rings (SSSR count). The number of nitrogens with two attached hydrogens (primary N) is 1. The van der Waals surface area contributed by atoms with E-state index < -0.39 is 0 Å². The van der Waals surface area contributed by atoms with Crippen LogP contribution in [0, 0.1) is 31.6 Å². The molecule has 3 nitrogen and oxygen atoms in total. The molecule has 3 unspecified atom stereocenters. The number of hydrogen-bond acceptors (Lipinski definition) is 3. The average Bonchev–Trinajstić information content (AvgIpc) is 2.99. The highest BCUT2D eigenvalue weighted by Crippen LogP contribution is 2.48. The molecule has 0 aromatic carbocycles. The molecule has 0 saturated heterocycles. The molecule has 2 aliphatic rings. The van der Waals surface area contributed by atoms with E-state index in [1.165, 1.54) is 25.7 Å². The van der Waals surface area contributed by atoms with Crippen LogP contribution in [0.4, 0.5) is 5.82 Å². The molecular weight excluding hydrogens is 278 g/mol. The first-order valence-corrected chi connectivity index (χ1v) is 8.35. The van der Waals surface area contributed by atoms with Crippen molar-refractivity contribution in [2.75, 3.05) is 18.5 Å². The molecule has 3 atom stereocenters. The number of fused-ring (bicyclic) bond motifs is 2. The Labute approximate surface area is 132 Å². The number of hydrogen-bond donors (Lipinski definition) is 1. The van der Waals surface area contributed by atoms with E-state index in [2.05, 4.69) is 24.9 Å². The lowest BCUT2D eigenvalue weighted by atomic mass is 9.88. The zero-order chi connectivity index (χ0) is 15.1. The summed E-state index contributed by atoms with van der Waals surface area (Å²) in [6, 6.07) is 2.06. The van der Waals surface area contributed by atoms with Crippen molar-refractivity contribution in [2.24, 2.45) is 23.5 Å². The summed E-state index contributed by atoms with van der Waals surface area (Å²) in [5, 5.41) is 0. The highest BCUT2D eigenvalue weighted by atomic mass is 32.1. The van der Waals surface area contributed by atoms with Crippen molar-refractivity contribution in [2.45, 2.75) is 39.5 Å². The van der Waals surface area contributed by atoms with Gasteiger partial charge in [-0.15, -0.1) is 0 Å². The molecule has 1 heterocycles. The first-order valence-electron chi connectivity index (χ1n) is 7.95. The summed E-state index contributed by atoms with van der Waals surface area (Å²) in [5.41, 5.74) is 9.04. The zero-order valence-electron chi connectivity index (χ0n) is 13.2. The smallest absolute Gasteiger partial charge is 0.139 e. The van der Waals surface area contributed by atoms with E-state index in [0.717, 1.165) is 46.9 Å². The van der Waals surface area contributed by atoms with Gasteiger partial charge in [0.25, 0.3) is 0 Å². The molecule has 2 fully saturated rings. The second-order valence-corrected chi connectivity index (χ2v) is 7.40. The van der Waals surface area contributed by atoms with Gasteiger partial charge in [0.2, 0.25) is 0 Å². The Hall–Kier alpha value is -1.16. The van der Waals surface area contributed by atoms with Gasteiger partial charge in [-0.25, -0.2) is 4.98 Å². The molecule has 2 bridgehead atoms. The predicted molar refractivity (Wildman–Crippen MR) is 91.8 cm³/mol. The highest BCUT2D eigenvalue weighted by Gasteiger charge is 2.39. The first kappa shape index (κ1) is 14.8. The van der Waals surface area contributed by atoms with Crippen LogP contribution in [0.25, 0.3) is 0 Å². The van der Waals surface area contributed by atoms with Crippen LogP contribution in [0.1, 0.15) is 42.5 Å². The van der Waals surface area contributed by atoms with Gasteiger partial charge >= 0.3 is 0 Å². The van der Waals surface area contributed by atoms with Crippen LogP contribution in [-0.4, -0.2) is 23.6 Å². The van der Waals surface area contributed by atoms with Crippen LogP contribution in [0.3, 0.4) is 0 Å². The van der Waals surface area contributed by atoms with Gasteiger partial charge in [-0.3, -0.25) is 0 Å². The lowest BCUT2D eigenvalue weighted by Gasteiger charge is -2.29. The minimum atomic E-state index is 0.454. The molecule has 114 valence electrons. The van der Waals surface area contributed by atoms with E-state index in [1.54, 1.807) is 0 Å². The number of thiocarbonyl (C=S) groups is 1. The van der Waals surface area contributed by atoms with Crippen molar-refractivity contribution >= 4 is 23.0 Å². The summed E-state index contributed by atoms with van der Waals surface area (Å²) in [4.78, 5) is 7.45. The fraction of sp³-hybridized carbons (Fsp3) is 0.647. The van der Waals surface area contributed by atoms with Crippen LogP contribution in [0.5, 0.6) is 0 Å². The second-order valence-electron chi connectivity index (χ2n) is 6.96. The van der Waals surface area contributed by atoms with Crippen LogP contribution in [0.15, 0.2) is 6.07 Å². The molecule has 2 aliphatic carbocycles. The minimum absolute atomic E-state index is 0.454. The number of aryl methyl sites for hydroxylation is 2. The lowest BCUT2D eigenvalue weighted by Crippen LogP contribution is -2.31. The minimum Gasteiger partial charge on any atom is -0.389 e. The predicted octanol–water partition coefficient (Wildman–Crippen LogP) is 3.21. The summed E-state index contributed by atoms with van der Waals surface area (Å²) in [6.07, 6.45) is 5.71. The third-order valence-corrected chi connectivity index (χ3v) is 5.53. The van der Waals surface area contributed by atoms with Crippen molar-refractivity contribution in [3.8, 4) is 0 Å². The van der Waals surface area contributed by atoms with Crippen molar-refractivity contribution < 1.29 is 0 Å².